The Morgan fingerprint density at radius 1 is 1.35 bits per heavy atom. The maximum absolute atomic E-state index is 12.2. The second kappa shape index (κ2) is 8.56. The number of nitrogens with zero attached hydrogens (tertiary/aromatic N) is 1. The number of guanidine groups is 1. The first-order valence-electron chi connectivity index (χ1n) is 8.46. The highest BCUT2D eigenvalue weighted by molar-refractivity contribution is 5.94. The second-order valence-corrected chi connectivity index (χ2v) is 6.23. The van der Waals surface area contributed by atoms with Gasteiger partial charge in [-0.1, -0.05) is 19.1 Å². The van der Waals surface area contributed by atoms with Gasteiger partial charge in [-0.25, -0.2) is 0 Å². The number of hydrogen-bond acceptors (Lipinski definition) is 2. The fraction of sp³-hybridized carbons (Fsp3) is 0.556. The van der Waals surface area contributed by atoms with Crippen LogP contribution in [0.2, 0.25) is 0 Å². The smallest absolute Gasteiger partial charge is 0.251 e. The van der Waals surface area contributed by atoms with Gasteiger partial charge in [0.15, 0.2) is 5.96 Å². The third-order valence-corrected chi connectivity index (χ3v) is 4.12. The lowest BCUT2D eigenvalue weighted by Crippen LogP contribution is -2.38. The lowest BCUT2D eigenvalue weighted by Gasteiger charge is -2.13. The standard InChI is InChI=1S/C18H28N4O/c1-4-13(2)22-17(23)16-7-5-6-15(10-16)12-21-18(19-3)20-11-14-8-9-14/h5-7,10,13-14H,4,8-9,11-12H2,1-3H3,(H,22,23)(H2,19,20,21). The van der Waals surface area contributed by atoms with Crippen LogP contribution in [0.15, 0.2) is 29.3 Å². The van der Waals surface area contributed by atoms with Crippen molar-refractivity contribution < 1.29 is 4.79 Å². The van der Waals surface area contributed by atoms with Crippen molar-refractivity contribution in [2.45, 2.75) is 45.7 Å². The Morgan fingerprint density at radius 3 is 2.78 bits per heavy atom. The van der Waals surface area contributed by atoms with E-state index in [0.29, 0.717) is 12.1 Å². The van der Waals surface area contributed by atoms with Crippen molar-refractivity contribution in [2.75, 3.05) is 13.6 Å². The van der Waals surface area contributed by atoms with Crippen molar-refractivity contribution in [1.29, 1.82) is 0 Å². The first-order chi connectivity index (χ1) is 11.1. The average Bonchev–Trinajstić information content (AvgIpc) is 3.39. The maximum Gasteiger partial charge on any atom is 0.251 e. The van der Waals surface area contributed by atoms with E-state index in [2.05, 4.69) is 27.9 Å². The highest BCUT2D eigenvalue weighted by atomic mass is 16.1. The zero-order valence-electron chi connectivity index (χ0n) is 14.4. The molecule has 0 bridgehead atoms. The van der Waals surface area contributed by atoms with Gasteiger partial charge < -0.3 is 16.0 Å². The molecule has 0 aliphatic heterocycles. The molecular formula is C18H28N4O. The van der Waals surface area contributed by atoms with E-state index >= 15 is 0 Å². The number of carbonyl (C=O) groups is 1. The van der Waals surface area contributed by atoms with Gasteiger partial charge in [0, 0.05) is 31.7 Å². The predicted octanol–water partition coefficient (Wildman–Crippen LogP) is 2.29. The molecule has 0 saturated heterocycles. The summed E-state index contributed by atoms with van der Waals surface area (Å²) in [4.78, 5) is 16.4. The molecule has 1 aromatic carbocycles. The summed E-state index contributed by atoms with van der Waals surface area (Å²) in [6.45, 7) is 5.70. The van der Waals surface area contributed by atoms with Crippen molar-refractivity contribution in [3.05, 3.63) is 35.4 Å². The summed E-state index contributed by atoms with van der Waals surface area (Å²) >= 11 is 0. The Hall–Kier alpha value is -2.04. The minimum absolute atomic E-state index is 0.0163. The van der Waals surface area contributed by atoms with Gasteiger partial charge >= 0.3 is 0 Å². The minimum Gasteiger partial charge on any atom is -0.356 e. The Kier molecular flexibility index (Phi) is 6.44. The highest BCUT2D eigenvalue weighted by Crippen LogP contribution is 2.27. The summed E-state index contributed by atoms with van der Waals surface area (Å²) < 4.78 is 0. The first kappa shape index (κ1) is 17.3. The van der Waals surface area contributed by atoms with Gasteiger partial charge in [-0.05, 0) is 49.8 Å². The number of benzene rings is 1. The van der Waals surface area contributed by atoms with E-state index in [0.717, 1.165) is 30.4 Å². The van der Waals surface area contributed by atoms with Crippen molar-refractivity contribution >= 4 is 11.9 Å². The Morgan fingerprint density at radius 2 is 2.13 bits per heavy atom. The van der Waals surface area contributed by atoms with E-state index in [9.17, 15) is 4.79 Å². The summed E-state index contributed by atoms with van der Waals surface area (Å²) in [5.41, 5.74) is 1.77. The second-order valence-electron chi connectivity index (χ2n) is 6.23. The number of aliphatic imine (C=N–C) groups is 1. The third kappa shape index (κ3) is 5.93. The number of carbonyl (C=O) groups excluding carboxylic acids is 1. The van der Waals surface area contributed by atoms with Crippen LogP contribution in [0, 0.1) is 5.92 Å². The largest absolute Gasteiger partial charge is 0.356 e. The van der Waals surface area contributed by atoms with Crippen LogP contribution in [0.3, 0.4) is 0 Å². The van der Waals surface area contributed by atoms with Crippen molar-refractivity contribution in [3.8, 4) is 0 Å². The van der Waals surface area contributed by atoms with Crippen LogP contribution in [0.25, 0.3) is 0 Å². The van der Waals surface area contributed by atoms with Crippen LogP contribution in [0.4, 0.5) is 0 Å². The monoisotopic (exact) mass is 316 g/mol. The maximum atomic E-state index is 12.2. The zero-order valence-corrected chi connectivity index (χ0v) is 14.4. The fourth-order valence-electron chi connectivity index (χ4n) is 2.20. The van der Waals surface area contributed by atoms with Gasteiger partial charge in [0.05, 0.1) is 0 Å². The molecule has 1 aromatic rings. The summed E-state index contributed by atoms with van der Waals surface area (Å²) in [7, 11) is 1.78. The lowest BCUT2D eigenvalue weighted by molar-refractivity contribution is 0.0939. The van der Waals surface area contributed by atoms with Crippen LogP contribution < -0.4 is 16.0 Å². The van der Waals surface area contributed by atoms with Gasteiger partial charge in [0.1, 0.15) is 0 Å². The molecule has 5 nitrogen and oxygen atoms in total. The van der Waals surface area contributed by atoms with Crippen LogP contribution in [0.5, 0.6) is 0 Å². The summed E-state index contributed by atoms with van der Waals surface area (Å²) in [6, 6.07) is 7.90. The number of amides is 1. The molecule has 1 aliphatic rings. The number of nitrogens with one attached hydrogen (secondary N) is 3. The van der Waals surface area contributed by atoms with Gasteiger partial charge in [-0.15, -0.1) is 0 Å². The quantitative estimate of drug-likeness (QED) is 0.534. The molecule has 1 saturated carbocycles. The molecule has 1 unspecified atom stereocenters. The van der Waals surface area contributed by atoms with Gasteiger partial charge in [-0.2, -0.15) is 0 Å². The number of hydrogen-bond donors (Lipinski definition) is 3. The molecule has 2 rings (SSSR count). The molecular weight excluding hydrogens is 288 g/mol. The van der Waals surface area contributed by atoms with Gasteiger partial charge in [-0.3, -0.25) is 9.79 Å². The molecule has 126 valence electrons. The van der Waals surface area contributed by atoms with Crippen LogP contribution in [-0.2, 0) is 6.54 Å². The molecule has 1 amide bonds. The Balaban J connectivity index is 1.87. The summed E-state index contributed by atoms with van der Waals surface area (Å²) in [5.74, 6) is 1.60. The molecule has 0 spiro atoms. The molecule has 0 heterocycles. The van der Waals surface area contributed by atoms with E-state index in [1.807, 2.05) is 31.2 Å². The highest BCUT2D eigenvalue weighted by Gasteiger charge is 2.21. The summed E-state index contributed by atoms with van der Waals surface area (Å²) in [6.07, 6.45) is 3.56. The van der Waals surface area contributed by atoms with Crippen molar-refractivity contribution in [2.24, 2.45) is 10.9 Å². The van der Waals surface area contributed by atoms with Crippen LogP contribution in [-0.4, -0.2) is 31.5 Å². The number of rotatable bonds is 7. The Labute approximate surface area is 139 Å². The van der Waals surface area contributed by atoms with Crippen LogP contribution >= 0.6 is 0 Å². The Bertz CT molecular complexity index is 552. The summed E-state index contributed by atoms with van der Waals surface area (Å²) in [5, 5.41) is 9.62. The average molecular weight is 316 g/mol. The van der Waals surface area contributed by atoms with Gasteiger partial charge in [0.2, 0.25) is 0 Å². The van der Waals surface area contributed by atoms with Crippen molar-refractivity contribution in [3.63, 3.8) is 0 Å². The zero-order chi connectivity index (χ0) is 16.7. The molecule has 1 fully saturated rings. The van der Waals surface area contributed by atoms with Gasteiger partial charge in [0.25, 0.3) is 5.91 Å². The molecule has 1 atom stereocenters. The predicted molar refractivity (Wildman–Crippen MR) is 94.6 cm³/mol. The minimum atomic E-state index is -0.0163. The fourth-order valence-corrected chi connectivity index (χ4v) is 2.20. The van der Waals surface area contributed by atoms with Crippen LogP contribution in [0.1, 0.15) is 49.0 Å². The molecule has 0 radical (unpaired) electrons. The van der Waals surface area contributed by atoms with E-state index in [1.165, 1.54) is 12.8 Å². The topological polar surface area (TPSA) is 65.5 Å². The van der Waals surface area contributed by atoms with E-state index < -0.39 is 0 Å². The van der Waals surface area contributed by atoms with Crippen molar-refractivity contribution in [1.82, 2.24) is 16.0 Å². The third-order valence-electron chi connectivity index (χ3n) is 4.12. The normalized spacial score (nSPS) is 15.9. The first-order valence-corrected chi connectivity index (χ1v) is 8.46. The molecule has 3 N–H and O–H groups in total. The lowest BCUT2D eigenvalue weighted by atomic mass is 10.1. The molecule has 1 aliphatic carbocycles. The molecule has 23 heavy (non-hydrogen) atoms. The molecule has 5 heteroatoms. The molecule has 0 aromatic heterocycles. The van der Waals surface area contributed by atoms with E-state index in [4.69, 9.17) is 0 Å². The van der Waals surface area contributed by atoms with E-state index in [-0.39, 0.29) is 11.9 Å². The van der Waals surface area contributed by atoms with E-state index in [1.54, 1.807) is 7.05 Å². The SMILES string of the molecule is CCC(C)NC(=O)c1cccc(CNC(=NC)NCC2CC2)c1.